The molecule has 0 aliphatic carbocycles. The van der Waals surface area contributed by atoms with Crippen molar-refractivity contribution in [2.75, 3.05) is 0 Å². The molecule has 0 fully saturated rings. The summed E-state index contributed by atoms with van der Waals surface area (Å²) in [6, 6.07) is 1.30. The standard InChI is InChI=1S/C11H17N3O3/c1-7(2)8(3)12-11(15)10-5-9(14(16)17)6-13(10)4/h5-8H,1-4H3,(H,12,15)/t8-/m0/s1. The van der Waals surface area contributed by atoms with Crippen molar-refractivity contribution in [3.05, 3.63) is 28.1 Å². The summed E-state index contributed by atoms with van der Waals surface area (Å²) in [4.78, 5) is 21.9. The minimum atomic E-state index is -0.511. The lowest BCUT2D eigenvalue weighted by atomic mass is 10.1. The van der Waals surface area contributed by atoms with Gasteiger partial charge in [0.1, 0.15) is 5.69 Å². The third kappa shape index (κ3) is 3.05. The maximum absolute atomic E-state index is 11.9. The van der Waals surface area contributed by atoms with E-state index < -0.39 is 4.92 Å². The van der Waals surface area contributed by atoms with E-state index in [4.69, 9.17) is 0 Å². The number of carbonyl (C=O) groups excluding carboxylic acids is 1. The Labute approximate surface area is 99.8 Å². The summed E-state index contributed by atoms with van der Waals surface area (Å²) >= 11 is 0. The number of amides is 1. The van der Waals surface area contributed by atoms with Gasteiger partial charge in [0.2, 0.25) is 0 Å². The van der Waals surface area contributed by atoms with E-state index in [9.17, 15) is 14.9 Å². The van der Waals surface area contributed by atoms with Crippen LogP contribution in [0.15, 0.2) is 12.3 Å². The van der Waals surface area contributed by atoms with Crippen LogP contribution in [0.5, 0.6) is 0 Å². The molecule has 1 rings (SSSR count). The number of carbonyl (C=O) groups is 1. The molecule has 17 heavy (non-hydrogen) atoms. The van der Waals surface area contributed by atoms with Crippen LogP contribution in [0.2, 0.25) is 0 Å². The van der Waals surface area contributed by atoms with Crippen molar-refractivity contribution in [2.24, 2.45) is 13.0 Å². The van der Waals surface area contributed by atoms with E-state index in [0.29, 0.717) is 11.6 Å². The van der Waals surface area contributed by atoms with Gasteiger partial charge in [0.15, 0.2) is 0 Å². The molecule has 1 amide bonds. The molecule has 0 aliphatic heterocycles. The Bertz CT molecular complexity index is 437. The summed E-state index contributed by atoms with van der Waals surface area (Å²) in [6.45, 7) is 5.90. The van der Waals surface area contributed by atoms with Crippen LogP contribution in [0.3, 0.4) is 0 Å². The minimum Gasteiger partial charge on any atom is -0.348 e. The molecule has 0 aromatic carbocycles. The number of hydrogen-bond donors (Lipinski definition) is 1. The highest BCUT2D eigenvalue weighted by Gasteiger charge is 2.19. The van der Waals surface area contributed by atoms with Crippen molar-refractivity contribution in [3.63, 3.8) is 0 Å². The van der Waals surface area contributed by atoms with Gasteiger partial charge in [0, 0.05) is 19.2 Å². The van der Waals surface area contributed by atoms with E-state index >= 15 is 0 Å². The van der Waals surface area contributed by atoms with E-state index in [1.807, 2.05) is 20.8 Å². The topological polar surface area (TPSA) is 77.2 Å². The van der Waals surface area contributed by atoms with Gasteiger partial charge in [-0.1, -0.05) is 13.8 Å². The van der Waals surface area contributed by atoms with E-state index in [1.165, 1.54) is 16.8 Å². The number of nitrogens with zero attached hydrogens (tertiary/aromatic N) is 2. The summed E-state index contributed by atoms with van der Waals surface area (Å²) < 4.78 is 1.46. The second-order valence-corrected chi connectivity index (χ2v) is 4.46. The van der Waals surface area contributed by atoms with Crippen molar-refractivity contribution in [1.82, 2.24) is 9.88 Å². The van der Waals surface area contributed by atoms with Gasteiger partial charge in [-0.3, -0.25) is 14.9 Å². The Morgan fingerprint density at radius 2 is 2.06 bits per heavy atom. The van der Waals surface area contributed by atoms with Crippen LogP contribution in [0.1, 0.15) is 31.3 Å². The summed E-state index contributed by atoms with van der Waals surface area (Å²) in [6.07, 6.45) is 1.33. The Balaban J connectivity index is 2.86. The molecule has 1 atom stereocenters. The van der Waals surface area contributed by atoms with Gasteiger partial charge in [-0.2, -0.15) is 0 Å². The predicted molar refractivity (Wildman–Crippen MR) is 63.8 cm³/mol. The molecule has 0 unspecified atom stereocenters. The van der Waals surface area contributed by atoms with Crippen LogP contribution >= 0.6 is 0 Å². The minimum absolute atomic E-state index is 0.0245. The lowest BCUT2D eigenvalue weighted by molar-refractivity contribution is -0.384. The average Bonchev–Trinajstić information content (AvgIpc) is 2.60. The molecule has 0 saturated heterocycles. The molecule has 0 radical (unpaired) electrons. The average molecular weight is 239 g/mol. The fourth-order valence-electron chi connectivity index (χ4n) is 1.32. The van der Waals surface area contributed by atoms with Crippen LogP contribution in [0, 0.1) is 16.0 Å². The zero-order valence-corrected chi connectivity index (χ0v) is 10.4. The molecule has 0 saturated carbocycles. The summed E-state index contributed by atoms with van der Waals surface area (Å²) in [7, 11) is 1.61. The molecule has 1 heterocycles. The normalized spacial score (nSPS) is 12.5. The fourth-order valence-corrected chi connectivity index (χ4v) is 1.32. The highest BCUT2D eigenvalue weighted by Crippen LogP contribution is 2.15. The number of aryl methyl sites for hydroxylation is 1. The van der Waals surface area contributed by atoms with Gasteiger partial charge in [-0.25, -0.2) is 0 Å². The first kappa shape index (κ1) is 13.2. The Morgan fingerprint density at radius 1 is 1.47 bits per heavy atom. The quantitative estimate of drug-likeness (QED) is 0.641. The van der Waals surface area contributed by atoms with E-state index in [1.54, 1.807) is 7.05 Å². The maximum Gasteiger partial charge on any atom is 0.287 e. The SMILES string of the molecule is CC(C)[C@H](C)NC(=O)c1cc([N+](=O)[O-])cn1C. The number of nitrogens with one attached hydrogen (secondary N) is 1. The smallest absolute Gasteiger partial charge is 0.287 e. The molecule has 1 aromatic rings. The summed E-state index contributed by atoms with van der Waals surface area (Å²) in [5.41, 5.74) is 0.221. The Morgan fingerprint density at radius 3 is 2.47 bits per heavy atom. The van der Waals surface area contributed by atoms with E-state index in [0.717, 1.165) is 0 Å². The van der Waals surface area contributed by atoms with Gasteiger partial charge < -0.3 is 9.88 Å². The van der Waals surface area contributed by atoms with Crippen molar-refractivity contribution in [2.45, 2.75) is 26.8 Å². The Hall–Kier alpha value is -1.85. The third-order valence-corrected chi connectivity index (χ3v) is 2.79. The largest absolute Gasteiger partial charge is 0.348 e. The first-order valence-corrected chi connectivity index (χ1v) is 5.44. The fraction of sp³-hybridized carbons (Fsp3) is 0.545. The number of rotatable bonds is 4. The molecule has 0 bridgehead atoms. The number of nitro groups is 1. The van der Waals surface area contributed by atoms with Crippen molar-refractivity contribution in [1.29, 1.82) is 0 Å². The first-order valence-electron chi connectivity index (χ1n) is 5.44. The zero-order valence-electron chi connectivity index (χ0n) is 10.4. The lowest BCUT2D eigenvalue weighted by Crippen LogP contribution is -2.36. The summed E-state index contributed by atoms with van der Waals surface area (Å²) in [5.74, 6) is 0.0241. The monoisotopic (exact) mass is 239 g/mol. The van der Waals surface area contributed by atoms with Gasteiger partial charge in [-0.05, 0) is 12.8 Å². The molecule has 1 aromatic heterocycles. The number of aromatic nitrogens is 1. The second-order valence-electron chi connectivity index (χ2n) is 4.46. The second kappa shape index (κ2) is 4.99. The number of hydrogen-bond acceptors (Lipinski definition) is 3. The molecule has 1 N–H and O–H groups in total. The molecule has 0 aliphatic rings. The van der Waals surface area contributed by atoms with Gasteiger partial charge in [0.05, 0.1) is 11.1 Å². The lowest BCUT2D eigenvalue weighted by Gasteiger charge is -2.17. The van der Waals surface area contributed by atoms with Crippen molar-refractivity contribution in [3.8, 4) is 0 Å². The molecule has 6 nitrogen and oxygen atoms in total. The van der Waals surface area contributed by atoms with Gasteiger partial charge in [0.25, 0.3) is 11.6 Å². The maximum atomic E-state index is 11.9. The molecular formula is C11H17N3O3. The van der Waals surface area contributed by atoms with Crippen LogP contribution in [0.25, 0.3) is 0 Å². The Kier molecular flexibility index (Phi) is 3.88. The summed E-state index contributed by atoms with van der Waals surface area (Å²) in [5, 5.41) is 13.4. The van der Waals surface area contributed by atoms with Crippen LogP contribution in [-0.4, -0.2) is 21.4 Å². The van der Waals surface area contributed by atoms with Crippen LogP contribution < -0.4 is 5.32 Å². The molecule has 0 spiro atoms. The van der Waals surface area contributed by atoms with Gasteiger partial charge >= 0.3 is 0 Å². The highest BCUT2D eigenvalue weighted by atomic mass is 16.6. The van der Waals surface area contributed by atoms with Gasteiger partial charge in [-0.15, -0.1) is 0 Å². The van der Waals surface area contributed by atoms with Crippen molar-refractivity contribution >= 4 is 11.6 Å². The zero-order chi connectivity index (χ0) is 13.2. The van der Waals surface area contributed by atoms with E-state index in [-0.39, 0.29) is 17.6 Å². The molecule has 6 heteroatoms. The molecule has 94 valence electrons. The predicted octanol–water partition coefficient (Wildman–Crippen LogP) is 1.71. The van der Waals surface area contributed by atoms with Crippen molar-refractivity contribution < 1.29 is 9.72 Å². The van der Waals surface area contributed by atoms with Crippen LogP contribution in [-0.2, 0) is 7.05 Å². The van der Waals surface area contributed by atoms with E-state index in [2.05, 4.69) is 5.32 Å². The molecular weight excluding hydrogens is 222 g/mol. The highest BCUT2D eigenvalue weighted by molar-refractivity contribution is 5.93. The third-order valence-electron chi connectivity index (χ3n) is 2.79. The van der Waals surface area contributed by atoms with Crippen LogP contribution in [0.4, 0.5) is 5.69 Å². The first-order chi connectivity index (χ1) is 7.82.